The van der Waals surface area contributed by atoms with E-state index in [1.165, 1.54) is 21.1 Å². The Morgan fingerprint density at radius 1 is 1.02 bits per heavy atom. The molecular formula is C48H60F2N4O8S. The highest BCUT2D eigenvalue weighted by molar-refractivity contribution is 7.99. The van der Waals surface area contributed by atoms with Gasteiger partial charge in [0.1, 0.15) is 11.2 Å². The number of piperidine rings is 1. The molecule has 340 valence electrons. The maximum absolute atomic E-state index is 15.5. The molecule has 6 aliphatic rings. The number of aliphatic hydroxyl groups is 1. The van der Waals surface area contributed by atoms with E-state index in [1.54, 1.807) is 18.9 Å². The maximum atomic E-state index is 15.5. The number of likely N-dealkylation sites (N-methyl/N-ethyl adjacent to an activating group) is 1. The van der Waals surface area contributed by atoms with Crippen LogP contribution in [0.15, 0.2) is 47.4 Å². The number of hydrogen-bond donors (Lipinski definition) is 2. The van der Waals surface area contributed by atoms with E-state index >= 15 is 13.6 Å². The molecular weight excluding hydrogens is 831 g/mol. The van der Waals surface area contributed by atoms with Gasteiger partial charge in [0.05, 0.1) is 27.4 Å². The van der Waals surface area contributed by atoms with Crippen molar-refractivity contribution in [3.63, 3.8) is 0 Å². The molecule has 5 aliphatic heterocycles. The zero-order valence-electron chi connectivity index (χ0n) is 37.5. The lowest BCUT2D eigenvalue weighted by atomic mass is 9.47. The van der Waals surface area contributed by atoms with Crippen molar-refractivity contribution >= 4 is 46.3 Å². The molecule has 2 aromatic carbocycles. The smallest absolute Gasteiger partial charge is 0.344 e. The molecule has 3 aromatic rings. The molecule has 6 heterocycles. The number of alkyl halides is 2. The van der Waals surface area contributed by atoms with Crippen LogP contribution < -0.4 is 9.64 Å². The van der Waals surface area contributed by atoms with Gasteiger partial charge in [-0.3, -0.25) is 14.5 Å². The Hall–Kier alpha value is -4.18. The van der Waals surface area contributed by atoms with Crippen LogP contribution >= 0.6 is 11.8 Å². The predicted molar refractivity (Wildman–Crippen MR) is 236 cm³/mol. The van der Waals surface area contributed by atoms with Crippen molar-refractivity contribution < 1.29 is 47.2 Å². The number of carbonyl (C=O) groups is 3. The van der Waals surface area contributed by atoms with Crippen molar-refractivity contribution in [3.8, 4) is 5.75 Å². The Kier molecular flexibility index (Phi) is 10.8. The summed E-state index contributed by atoms with van der Waals surface area (Å²) in [4.78, 5) is 54.2. The number of esters is 3. The van der Waals surface area contributed by atoms with E-state index in [0.29, 0.717) is 68.1 Å². The molecule has 3 fully saturated rings. The third kappa shape index (κ3) is 6.10. The lowest BCUT2D eigenvalue weighted by Crippen LogP contribution is -2.81. The molecule has 1 spiro atoms. The lowest BCUT2D eigenvalue weighted by molar-refractivity contribution is -0.228. The fraction of sp³-hybridized carbons (Fsp3) is 0.604. The number of nitrogens with zero attached hydrogens (tertiary/aromatic N) is 3. The third-order valence-corrected chi connectivity index (χ3v) is 16.8. The highest BCUT2D eigenvalue weighted by atomic mass is 32.2. The molecule has 0 radical (unpaired) electrons. The van der Waals surface area contributed by atoms with Crippen molar-refractivity contribution in [3.05, 3.63) is 64.9 Å². The normalized spacial score (nSPS) is 34.5. The maximum Gasteiger partial charge on any atom is 0.344 e. The predicted octanol–water partition coefficient (Wildman–Crippen LogP) is 6.23. The number of anilines is 1. The van der Waals surface area contributed by atoms with E-state index in [0.717, 1.165) is 39.6 Å². The van der Waals surface area contributed by atoms with Crippen molar-refractivity contribution in [2.45, 2.75) is 105 Å². The van der Waals surface area contributed by atoms with Gasteiger partial charge in [0.25, 0.3) is 0 Å². The summed E-state index contributed by atoms with van der Waals surface area (Å²) in [5, 5.41) is 14.3. The summed E-state index contributed by atoms with van der Waals surface area (Å²) >= 11 is 1.72. The SMILES string of the molecule is CCSc1ccc2[nH]c3c(c2c1)CCN1CC(C(C)(F)F)C[C@@H](C1)C[C@]3(C(=O)OC)c1cc2c(cc1OC)N(C)[C@H]1[C@@](O)(C(=O)OC)[C@H](OC(C)=O)[C@]3(CC)C=CCN4CC[C@]21[C@@H]43. The first-order chi connectivity index (χ1) is 30.0. The second-order valence-electron chi connectivity index (χ2n) is 18.9. The first-order valence-electron chi connectivity index (χ1n) is 22.3. The number of ether oxygens (including phenoxy) is 4. The highest BCUT2D eigenvalue weighted by Gasteiger charge is 2.80. The largest absolute Gasteiger partial charge is 0.496 e. The Balaban J connectivity index is 1.36. The summed E-state index contributed by atoms with van der Waals surface area (Å²) in [6.07, 6.45) is 4.53. The van der Waals surface area contributed by atoms with Crippen LogP contribution in [0.4, 0.5) is 14.5 Å². The van der Waals surface area contributed by atoms with Crippen LogP contribution in [0.3, 0.4) is 0 Å². The fourth-order valence-electron chi connectivity index (χ4n) is 13.7. The molecule has 2 bridgehead atoms. The van der Waals surface area contributed by atoms with E-state index in [2.05, 4.69) is 33.8 Å². The van der Waals surface area contributed by atoms with E-state index < -0.39 is 63.7 Å². The van der Waals surface area contributed by atoms with Gasteiger partial charge in [-0.15, -0.1) is 11.8 Å². The van der Waals surface area contributed by atoms with Gasteiger partial charge in [0.15, 0.2) is 6.10 Å². The second-order valence-corrected chi connectivity index (χ2v) is 20.3. The van der Waals surface area contributed by atoms with Crippen molar-refractivity contribution in [2.24, 2.45) is 17.3 Å². The van der Waals surface area contributed by atoms with E-state index in [9.17, 15) is 14.7 Å². The highest BCUT2D eigenvalue weighted by Crippen LogP contribution is 2.68. The minimum Gasteiger partial charge on any atom is -0.496 e. The number of carbonyl (C=O) groups excluding carboxylic acids is 3. The zero-order valence-corrected chi connectivity index (χ0v) is 38.3. The summed E-state index contributed by atoms with van der Waals surface area (Å²) in [6, 6.07) is 8.85. The molecule has 63 heavy (non-hydrogen) atoms. The molecule has 10 atom stereocenters. The van der Waals surface area contributed by atoms with Gasteiger partial charge in [0, 0.05) is 102 Å². The summed E-state index contributed by atoms with van der Waals surface area (Å²) in [7, 11) is 5.98. The molecule has 1 saturated carbocycles. The summed E-state index contributed by atoms with van der Waals surface area (Å²) < 4.78 is 54.8. The third-order valence-electron chi connectivity index (χ3n) is 15.9. The Bertz CT molecular complexity index is 2390. The molecule has 15 heteroatoms. The summed E-state index contributed by atoms with van der Waals surface area (Å²) in [5.74, 6) is -5.05. The molecule has 9 rings (SSSR count). The number of fused-ring (bicyclic) bond motifs is 6. The van der Waals surface area contributed by atoms with Gasteiger partial charge in [-0.1, -0.05) is 26.0 Å². The van der Waals surface area contributed by atoms with Crippen LogP contribution in [-0.2, 0) is 45.8 Å². The molecule has 12 nitrogen and oxygen atoms in total. The van der Waals surface area contributed by atoms with E-state index in [-0.39, 0.29) is 31.3 Å². The summed E-state index contributed by atoms with van der Waals surface area (Å²) in [6.45, 7) is 8.90. The van der Waals surface area contributed by atoms with Crippen LogP contribution in [0.2, 0.25) is 0 Å². The van der Waals surface area contributed by atoms with Gasteiger partial charge in [0.2, 0.25) is 11.5 Å². The lowest BCUT2D eigenvalue weighted by Gasteiger charge is -2.63. The van der Waals surface area contributed by atoms with Gasteiger partial charge < -0.3 is 38.8 Å². The number of rotatable bonds is 9. The number of hydrogen-bond acceptors (Lipinski definition) is 12. The second kappa shape index (κ2) is 15.5. The molecule has 2 saturated heterocycles. The fourth-order valence-corrected chi connectivity index (χ4v) is 14.4. The number of benzene rings is 2. The van der Waals surface area contributed by atoms with Gasteiger partial charge >= 0.3 is 17.9 Å². The number of halogens is 2. The van der Waals surface area contributed by atoms with Crippen LogP contribution in [0.5, 0.6) is 5.75 Å². The number of nitrogens with one attached hydrogen (secondary N) is 1. The molecule has 2 unspecified atom stereocenters. The Morgan fingerprint density at radius 3 is 2.44 bits per heavy atom. The van der Waals surface area contributed by atoms with Crippen LogP contribution in [0, 0.1) is 17.3 Å². The first-order valence-corrected chi connectivity index (χ1v) is 23.3. The van der Waals surface area contributed by atoms with Crippen molar-refractivity contribution in [1.82, 2.24) is 14.8 Å². The number of aromatic amines is 1. The number of aromatic nitrogens is 1. The van der Waals surface area contributed by atoms with Crippen LogP contribution in [0.1, 0.15) is 75.8 Å². The molecule has 1 aromatic heterocycles. The molecule has 0 amide bonds. The van der Waals surface area contributed by atoms with E-state index in [4.69, 9.17) is 18.9 Å². The Labute approximate surface area is 372 Å². The van der Waals surface area contributed by atoms with Gasteiger partial charge in [-0.25, -0.2) is 13.6 Å². The van der Waals surface area contributed by atoms with Crippen LogP contribution in [-0.4, -0.2) is 134 Å². The zero-order chi connectivity index (χ0) is 45.0. The molecule has 1 aliphatic carbocycles. The van der Waals surface area contributed by atoms with Gasteiger partial charge in [-0.05, 0) is 92.6 Å². The first kappa shape index (κ1) is 44.0. The van der Waals surface area contributed by atoms with Crippen molar-refractivity contribution in [1.29, 1.82) is 0 Å². The topological polar surface area (TPSA) is 134 Å². The number of methoxy groups -OCH3 is 3. The number of H-pyrrole nitrogens is 1. The Morgan fingerprint density at radius 2 is 1.78 bits per heavy atom. The van der Waals surface area contributed by atoms with Gasteiger partial charge in [-0.2, -0.15) is 0 Å². The van der Waals surface area contributed by atoms with Crippen LogP contribution in [0.25, 0.3) is 10.9 Å². The minimum atomic E-state index is -2.94. The average Bonchev–Trinajstić information content (AvgIpc) is 3.92. The van der Waals surface area contributed by atoms with E-state index in [1.807, 2.05) is 49.2 Å². The number of thioether (sulfide) groups is 1. The monoisotopic (exact) mass is 890 g/mol. The minimum absolute atomic E-state index is 0.151. The quantitative estimate of drug-likeness (QED) is 0.109. The molecule has 2 N–H and O–H groups in total. The average molecular weight is 891 g/mol. The standard InChI is InChI=1S/C48H60F2N4O8S/c1-9-45-15-11-17-54-19-16-46(39(45)54)33-22-34(37(59-6)23-36(33)52(5)40(46)48(58,43(57)61-8)41(45)62-27(3)55)47(42(56)60-7)24-28-20-29(44(4,49)50)26-53(25-28)18-14-31-32-21-30(63-10-2)12-13-35(32)51-38(31)47/h11-13,15,21-23,28-29,39-41,51,58H,9-10,14,16-20,24-26H2,1-8H3/t28-,29?,39+,40-,41-,45-,46-,47+,48+/m1/s1. The summed E-state index contributed by atoms with van der Waals surface area (Å²) in [5.41, 5.74) is -1.52. The van der Waals surface area contributed by atoms with Crippen molar-refractivity contribution in [2.75, 3.05) is 71.8 Å².